The molecule has 18 heavy (non-hydrogen) atoms. The van der Waals surface area contributed by atoms with Crippen molar-refractivity contribution in [1.82, 2.24) is 4.98 Å². The number of aromatic nitrogens is 1. The van der Waals surface area contributed by atoms with E-state index in [1.807, 2.05) is 18.2 Å². The van der Waals surface area contributed by atoms with E-state index in [-0.39, 0.29) is 6.79 Å². The van der Waals surface area contributed by atoms with Crippen molar-refractivity contribution in [3.05, 3.63) is 40.0 Å². The van der Waals surface area contributed by atoms with Crippen LogP contribution in [0.4, 0.5) is 11.5 Å². The van der Waals surface area contributed by atoms with E-state index in [9.17, 15) is 0 Å². The maximum Gasteiger partial charge on any atom is 0.231 e. The second kappa shape index (κ2) is 4.66. The lowest BCUT2D eigenvalue weighted by atomic mass is 10.3. The van der Waals surface area contributed by atoms with Crippen LogP contribution in [-0.2, 0) is 0 Å². The molecule has 0 fully saturated rings. The number of fused-ring (bicyclic) bond motifs is 1. The van der Waals surface area contributed by atoms with Crippen molar-refractivity contribution in [2.75, 3.05) is 12.1 Å². The standard InChI is InChI=1S/C12H8BrClN2O2/c13-9-3-7(14)5-15-12(9)16-8-1-2-10-11(4-8)18-6-17-10/h1-5H,6H2,(H,15,16). The maximum atomic E-state index is 5.84. The van der Waals surface area contributed by atoms with Crippen LogP contribution in [0.15, 0.2) is 34.9 Å². The Balaban J connectivity index is 1.88. The molecule has 6 heteroatoms. The average molecular weight is 328 g/mol. The SMILES string of the molecule is Clc1cnc(Nc2ccc3c(c2)OCO3)c(Br)c1. The zero-order valence-electron chi connectivity index (χ0n) is 9.11. The summed E-state index contributed by atoms with van der Waals surface area (Å²) < 4.78 is 11.4. The van der Waals surface area contributed by atoms with Crippen molar-refractivity contribution in [1.29, 1.82) is 0 Å². The van der Waals surface area contributed by atoms with Crippen LogP contribution in [0.2, 0.25) is 5.02 Å². The Bertz CT molecular complexity index is 607. The summed E-state index contributed by atoms with van der Waals surface area (Å²) >= 11 is 9.24. The molecular formula is C12H8BrClN2O2. The lowest BCUT2D eigenvalue weighted by molar-refractivity contribution is 0.174. The smallest absolute Gasteiger partial charge is 0.231 e. The Morgan fingerprint density at radius 2 is 2.06 bits per heavy atom. The summed E-state index contributed by atoms with van der Waals surface area (Å²) in [4.78, 5) is 4.20. The molecule has 0 radical (unpaired) electrons. The largest absolute Gasteiger partial charge is 0.454 e. The topological polar surface area (TPSA) is 43.4 Å². The lowest BCUT2D eigenvalue weighted by Gasteiger charge is -2.08. The van der Waals surface area contributed by atoms with Crippen molar-refractivity contribution in [3.63, 3.8) is 0 Å². The maximum absolute atomic E-state index is 5.84. The van der Waals surface area contributed by atoms with E-state index in [1.165, 1.54) is 0 Å². The van der Waals surface area contributed by atoms with Crippen LogP contribution in [0.3, 0.4) is 0 Å². The fraction of sp³-hybridized carbons (Fsp3) is 0.0833. The summed E-state index contributed by atoms with van der Waals surface area (Å²) in [7, 11) is 0. The first-order valence-corrected chi connectivity index (χ1v) is 6.37. The molecule has 92 valence electrons. The third-order valence-electron chi connectivity index (χ3n) is 2.44. The Kier molecular flexibility index (Phi) is 3.01. The van der Waals surface area contributed by atoms with Gasteiger partial charge in [0.25, 0.3) is 0 Å². The van der Waals surface area contributed by atoms with E-state index in [2.05, 4.69) is 26.2 Å². The highest BCUT2D eigenvalue weighted by atomic mass is 79.9. The molecular weight excluding hydrogens is 320 g/mol. The molecule has 1 aromatic carbocycles. The molecule has 0 saturated heterocycles. The first-order chi connectivity index (χ1) is 8.72. The highest BCUT2D eigenvalue weighted by Crippen LogP contribution is 2.35. The molecule has 1 N–H and O–H groups in total. The molecule has 4 nitrogen and oxygen atoms in total. The predicted molar refractivity (Wildman–Crippen MR) is 72.8 cm³/mol. The minimum atomic E-state index is 0.266. The zero-order valence-corrected chi connectivity index (χ0v) is 11.5. The summed E-state index contributed by atoms with van der Waals surface area (Å²) in [5.74, 6) is 2.17. The molecule has 0 amide bonds. The van der Waals surface area contributed by atoms with Gasteiger partial charge in [-0.2, -0.15) is 0 Å². The number of hydrogen-bond acceptors (Lipinski definition) is 4. The molecule has 0 aliphatic carbocycles. The molecule has 1 aliphatic heterocycles. The van der Waals surface area contributed by atoms with Gasteiger partial charge < -0.3 is 14.8 Å². The van der Waals surface area contributed by atoms with E-state index in [1.54, 1.807) is 12.3 Å². The molecule has 2 heterocycles. The number of halogens is 2. The normalized spacial score (nSPS) is 12.6. The van der Waals surface area contributed by atoms with Crippen molar-refractivity contribution >= 4 is 39.0 Å². The van der Waals surface area contributed by atoms with Gasteiger partial charge in [0.2, 0.25) is 6.79 Å². The van der Waals surface area contributed by atoms with Crippen LogP contribution < -0.4 is 14.8 Å². The second-order valence-electron chi connectivity index (χ2n) is 3.68. The number of nitrogens with one attached hydrogen (secondary N) is 1. The van der Waals surface area contributed by atoms with Gasteiger partial charge in [0, 0.05) is 18.0 Å². The summed E-state index contributed by atoms with van der Waals surface area (Å²) in [6, 6.07) is 7.40. The minimum Gasteiger partial charge on any atom is -0.454 e. The highest BCUT2D eigenvalue weighted by Gasteiger charge is 2.13. The van der Waals surface area contributed by atoms with Crippen LogP contribution in [0, 0.1) is 0 Å². The number of ether oxygens (including phenoxy) is 2. The number of anilines is 2. The van der Waals surface area contributed by atoms with E-state index in [0.29, 0.717) is 10.8 Å². The number of rotatable bonds is 2. The predicted octanol–water partition coefficient (Wildman–Crippen LogP) is 3.97. The van der Waals surface area contributed by atoms with Crippen LogP contribution in [0.1, 0.15) is 0 Å². The Morgan fingerprint density at radius 1 is 1.22 bits per heavy atom. The van der Waals surface area contributed by atoms with Crippen molar-refractivity contribution < 1.29 is 9.47 Å². The third-order valence-corrected chi connectivity index (χ3v) is 3.25. The van der Waals surface area contributed by atoms with Crippen LogP contribution in [-0.4, -0.2) is 11.8 Å². The molecule has 0 saturated carbocycles. The Labute approximate surface area is 117 Å². The molecule has 1 aromatic heterocycles. The monoisotopic (exact) mass is 326 g/mol. The van der Waals surface area contributed by atoms with E-state index >= 15 is 0 Å². The summed E-state index contributed by atoms with van der Waals surface area (Å²) in [5.41, 5.74) is 0.870. The second-order valence-corrected chi connectivity index (χ2v) is 4.97. The van der Waals surface area contributed by atoms with Gasteiger partial charge in [-0.15, -0.1) is 0 Å². The van der Waals surface area contributed by atoms with Crippen molar-refractivity contribution in [2.24, 2.45) is 0 Å². The molecule has 1 aliphatic rings. The first kappa shape index (κ1) is 11.6. The number of benzene rings is 1. The fourth-order valence-corrected chi connectivity index (χ4v) is 2.36. The van der Waals surface area contributed by atoms with Gasteiger partial charge >= 0.3 is 0 Å². The summed E-state index contributed by atoms with van der Waals surface area (Å²) in [6.45, 7) is 0.266. The number of pyridine rings is 1. The van der Waals surface area contributed by atoms with E-state index in [0.717, 1.165) is 21.7 Å². The van der Waals surface area contributed by atoms with Gasteiger partial charge in [-0.05, 0) is 34.1 Å². The van der Waals surface area contributed by atoms with Gasteiger partial charge in [-0.25, -0.2) is 4.98 Å². The van der Waals surface area contributed by atoms with Crippen molar-refractivity contribution in [3.8, 4) is 11.5 Å². The molecule has 0 spiro atoms. The van der Waals surface area contributed by atoms with Gasteiger partial charge in [0.1, 0.15) is 5.82 Å². The molecule has 0 atom stereocenters. The lowest BCUT2D eigenvalue weighted by Crippen LogP contribution is -1.94. The number of nitrogens with zero attached hydrogens (tertiary/aromatic N) is 1. The Hall–Kier alpha value is -1.46. The van der Waals surface area contributed by atoms with Crippen LogP contribution in [0.25, 0.3) is 0 Å². The zero-order chi connectivity index (χ0) is 12.5. The first-order valence-electron chi connectivity index (χ1n) is 5.20. The molecule has 0 bridgehead atoms. The molecule has 2 aromatic rings. The van der Waals surface area contributed by atoms with Gasteiger partial charge in [-0.3, -0.25) is 0 Å². The Morgan fingerprint density at radius 3 is 2.89 bits per heavy atom. The summed E-state index contributed by atoms with van der Waals surface area (Å²) in [6.07, 6.45) is 1.58. The van der Waals surface area contributed by atoms with Gasteiger partial charge in [0.15, 0.2) is 11.5 Å². The van der Waals surface area contributed by atoms with Gasteiger partial charge in [-0.1, -0.05) is 11.6 Å². The molecule has 0 unspecified atom stereocenters. The van der Waals surface area contributed by atoms with Crippen LogP contribution in [0.5, 0.6) is 11.5 Å². The van der Waals surface area contributed by atoms with E-state index < -0.39 is 0 Å². The average Bonchev–Trinajstić information content (AvgIpc) is 2.80. The third kappa shape index (κ3) is 2.23. The van der Waals surface area contributed by atoms with E-state index in [4.69, 9.17) is 21.1 Å². The fourth-order valence-electron chi connectivity index (χ4n) is 1.62. The minimum absolute atomic E-state index is 0.266. The summed E-state index contributed by atoms with van der Waals surface area (Å²) in [5, 5.41) is 3.76. The molecule has 3 rings (SSSR count). The quantitative estimate of drug-likeness (QED) is 0.906. The number of hydrogen-bond donors (Lipinski definition) is 1. The van der Waals surface area contributed by atoms with Crippen molar-refractivity contribution in [2.45, 2.75) is 0 Å². The van der Waals surface area contributed by atoms with Gasteiger partial charge in [0.05, 0.1) is 9.50 Å². The van der Waals surface area contributed by atoms with Crippen LogP contribution >= 0.6 is 27.5 Å². The highest BCUT2D eigenvalue weighted by molar-refractivity contribution is 9.10.